The van der Waals surface area contributed by atoms with E-state index in [1.54, 1.807) is 31.4 Å². The van der Waals surface area contributed by atoms with Gasteiger partial charge in [0.2, 0.25) is 11.8 Å². The lowest BCUT2D eigenvalue weighted by Gasteiger charge is -2.20. The largest absolute Gasteiger partial charge is 0.465 e. The normalized spacial score (nSPS) is 10.0. The molecule has 2 amide bonds. The fourth-order valence-electron chi connectivity index (χ4n) is 1.96. The van der Waals surface area contributed by atoms with E-state index in [1.807, 2.05) is 0 Å². The number of amides is 2. The van der Waals surface area contributed by atoms with Gasteiger partial charge in [0.1, 0.15) is 0 Å². The zero-order valence-corrected chi connectivity index (χ0v) is 13.6. The molecule has 126 valence electrons. The molecular weight excluding hydrogens is 300 g/mol. The summed E-state index contributed by atoms with van der Waals surface area (Å²) in [6, 6.07) is 6.59. The van der Waals surface area contributed by atoms with Crippen LogP contribution in [0.3, 0.4) is 0 Å². The topological polar surface area (TPSA) is 84.9 Å². The summed E-state index contributed by atoms with van der Waals surface area (Å²) in [5.74, 6) is -0.929. The monoisotopic (exact) mass is 322 g/mol. The predicted molar refractivity (Wildman–Crippen MR) is 85.2 cm³/mol. The van der Waals surface area contributed by atoms with Crippen LogP contribution in [0.15, 0.2) is 24.3 Å². The second kappa shape index (κ2) is 9.58. The average Bonchev–Trinajstić information content (AvgIpc) is 2.54. The van der Waals surface area contributed by atoms with Gasteiger partial charge in [-0.25, -0.2) is 4.79 Å². The fraction of sp³-hybridized carbons (Fsp3) is 0.438. The van der Waals surface area contributed by atoms with Crippen LogP contribution in [0.5, 0.6) is 0 Å². The summed E-state index contributed by atoms with van der Waals surface area (Å²) < 4.78 is 9.61. The second-order valence-corrected chi connectivity index (χ2v) is 4.83. The highest BCUT2D eigenvalue weighted by atomic mass is 16.5. The molecule has 0 radical (unpaired) electrons. The highest BCUT2D eigenvalue weighted by molar-refractivity contribution is 6.01. The number of para-hydroxylation sites is 1. The maximum absolute atomic E-state index is 12.0. The van der Waals surface area contributed by atoms with Crippen LogP contribution < -0.4 is 5.32 Å². The molecule has 0 bridgehead atoms. The second-order valence-electron chi connectivity index (χ2n) is 4.83. The molecule has 0 atom stereocenters. The Labute approximate surface area is 135 Å². The average molecular weight is 322 g/mol. The smallest absolute Gasteiger partial charge is 0.339 e. The molecule has 0 heterocycles. The van der Waals surface area contributed by atoms with Gasteiger partial charge >= 0.3 is 5.97 Å². The Morgan fingerprint density at radius 3 is 2.43 bits per heavy atom. The number of benzene rings is 1. The van der Waals surface area contributed by atoms with E-state index < -0.39 is 5.97 Å². The summed E-state index contributed by atoms with van der Waals surface area (Å²) in [4.78, 5) is 36.7. The van der Waals surface area contributed by atoms with E-state index in [0.717, 1.165) is 0 Å². The van der Waals surface area contributed by atoms with Gasteiger partial charge in [-0.3, -0.25) is 9.59 Å². The van der Waals surface area contributed by atoms with Crippen molar-refractivity contribution in [2.24, 2.45) is 0 Å². The Balaban J connectivity index is 2.63. The molecule has 0 saturated heterocycles. The Morgan fingerprint density at radius 2 is 1.83 bits per heavy atom. The zero-order chi connectivity index (χ0) is 17.2. The molecule has 0 aromatic heterocycles. The number of ether oxygens (including phenoxy) is 2. The first-order valence-corrected chi connectivity index (χ1v) is 7.21. The standard InChI is InChI=1S/C16H22N2O5/c1-12(19)18(10-11-22-2)9-8-15(20)17-14-7-5-4-6-13(14)16(21)23-3/h4-7H,8-11H2,1-3H3,(H,17,20). The number of hydrogen-bond acceptors (Lipinski definition) is 5. The Bertz CT molecular complexity index is 559. The summed E-state index contributed by atoms with van der Waals surface area (Å²) in [5, 5.41) is 2.67. The molecule has 0 saturated carbocycles. The molecule has 0 aliphatic heterocycles. The number of carbonyl (C=O) groups is 3. The molecule has 0 aliphatic carbocycles. The molecule has 0 unspecified atom stereocenters. The SMILES string of the molecule is COCCN(CCC(=O)Nc1ccccc1C(=O)OC)C(C)=O. The van der Waals surface area contributed by atoms with Gasteiger partial charge in [-0.15, -0.1) is 0 Å². The number of nitrogens with one attached hydrogen (secondary N) is 1. The summed E-state index contributed by atoms with van der Waals surface area (Å²) in [6.07, 6.45) is 0.124. The lowest BCUT2D eigenvalue weighted by molar-refractivity contribution is -0.130. The van der Waals surface area contributed by atoms with E-state index in [4.69, 9.17) is 4.74 Å². The minimum atomic E-state index is -0.522. The number of rotatable bonds is 8. The van der Waals surface area contributed by atoms with Crippen molar-refractivity contribution in [3.05, 3.63) is 29.8 Å². The van der Waals surface area contributed by atoms with Crippen molar-refractivity contribution in [1.82, 2.24) is 4.90 Å². The number of nitrogens with zero attached hydrogens (tertiary/aromatic N) is 1. The minimum Gasteiger partial charge on any atom is -0.465 e. The number of esters is 1. The molecule has 0 spiro atoms. The predicted octanol–water partition coefficient (Wildman–Crippen LogP) is 1.30. The van der Waals surface area contributed by atoms with Crippen molar-refractivity contribution in [3.63, 3.8) is 0 Å². The maximum atomic E-state index is 12.0. The third-order valence-corrected chi connectivity index (χ3v) is 3.23. The van der Waals surface area contributed by atoms with Crippen molar-refractivity contribution in [1.29, 1.82) is 0 Å². The van der Waals surface area contributed by atoms with Crippen LogP contribution in [-0.4, -0.2) is 56.6 Å². The van der Waals surface area contributed by atoms with Gasteiger partial charge in [-0.05, 0) is 12.1 Å². The van der Waals surface area contributed by atoms with Crippen LogP contribution in [0.4, 0.5) is 5.69 Å². The Hall–Kier alpha value is -2.41. The summed E-state index contributed by atoms with van der Waals surface area (Å²) in [7, 11) is 2.83. The van der Waals surface area contributed by atoms with Crippen LogP contribution in [0.25, 0.3) is 0 Å². The van der Waals surface area contributed by atoms with Crippen LogP contribution in [0.2, 0.25) is 0 Å². The minimum absolute atomic E-state index is 0.121. The third kappa shape index (κ3) is 6.07. The van der Waals surface area contributed by atoms with Crippen LogP contribution in [-0.2, 0) is 19.1 Å². The van der Waals surface area contributed by atoms with Crippen LogP contribution >= 0.6 is 0 Å². The summed E-state index contributed by atoms with van der Waals surface area (Å²) in [6.45, 7) is 2.56. The quantitative estimate of drug-likeness (QED) is 0.729. The third-order valence-electron chi connectivity index (χ3n) is 3.23. The molecule has 0 aliphatic rings. The summed E-state index contributed by atoms with van der Waals surface area (Å²) >= 11 is 0. The Kier molecular flexibility index (Phi) is 7.76. The van der Waals surface area contributed by atoms with E-state index >= 15 is 0 Å². The Morgan fingerprint density at radius 1 is 1.13 bits per heavy atom. The number of methoxy groups -OCH3 is 2. The van der Waals surface area contributed by atoms with Gasteiger partial charge in [-0.1, -0.05) is 12.1 Å². The van der Waals surface area contributed by atoms with Gasteiger partial charge in [-0.2, -0.15) is 0 Å². The number of anilines is 1. The van der Waals surface area contributed by atoms with Gasteiger partial charge in [0.05, 0.1) is 25.0 Å². The molecule has 1 N–H and O–H groups in total. The van der Waals surface area contributed by atoms with E-state index in [1.165, 1.54) is 18.9 Å². The van der Waals surface area contributed by atoms with Gasteiger partial charge < -0.3 is 19.7 Å². The highest BCUT2D eigenvalue weighted by Crippen LogP contribution is 2.16. The molecule has 7 nitrogen and oxygen atoms in total. The van der Waals surface area contributed by atoms with E-state index in [2.05, 4.69) is 10.1 Å². The first kappa shape index (κ1) is 18.6. The van der Waals surface area contributed by atoms with Crippen molar-refractivity contribution in [3.8, 4) is 0 Å². The molecule has 1 rings (SSSR count). The van der Waals surface area contributed by atoms with E-state index in [9.17, 15) is 14.4 Å². The fourth-order valence-corrected chi connectivity index (χ4v) is 1.96. The van der Waals surface area contributed by atoms with Gasteiger partial charge in [0.15, 0.2) is 0 Å². The molecule has 1 aromatic rings. The van der Waals surface area contributed by atoms with Gasteiger partial charge in [0, 0.05) is 33.5 Å². The molecule has 7 heteroatoms. The maximum Gasteiger partial charge on any atom is 0.339 e. The lowest BCUT2D eigenvalue weighted by atomic mass is 10.1. The first-order valence-electron chi connectivity index (χ1n) is 7.21. The molecular formula is C16H22N2O5. The van der Waals surface area contributed by atoms with Crippen LogP contribution in [0.1, 0.15) is 23.7 Å². The van der Waals surface area contributed by atoms with Crippen LogP contribution in [0, 0.1) is 0 Å². The van der Waals surface area contributed by atoms with Crippen molar-refractivity contribution < 1.29 is 23.9 Å². The zero-order valence-electron chi connectivity index (χ0n) is 13.6. The van der Waals surface area contributed by atoms with E-state index in [-0.39, 0.29) is 30.3 Å². The van der Waals surface area contributed by atoms with Crippen molar-refractivity contribution in [2.45, 2.75) is 13.3 Å². The first-order chi connectivity index (χ1) is 11.0. The highest BCUT2D eigenvalue weighted by Gasteiger charge is 2.15. The molecule has 23 heavy (non-hydrogen) atoms. The molecule has 1 aromatic carbocycles. The summed E-state index contributed by atoms with van der Waals surface area (Å²) in [5.41, 5.74) is 0.668. The van der Waals surface area contributed by atoms with Gasteiger partial charge in [0.25, 0.3) is 0 Å². The van der Waals surface area contributed by atoms with Crippen molar-refractivity contribution in [2.75, 3.05) is 39.2 Å². The number of carbonyl (C=O) groups excluding carboxylic acids is 3. The van der Waals surface area contributed by atoms with E-state index in [0.29, 0.717) is 18.8 Å². The number of hydrogen-bond donors (Lipinski definition) is 1. The lowest BCUT2D eigenvalue weighted by Crippen LogP contribution is -2.34. The van der Waals surface area contributed by atoms with Crippen molar-refractivity contribution >= 4 is 23.5 Å². The molecule has 0 fully saturated rings.